The highest BCUT2D eigenvalue weighted by atomic mass is 32.2. The van der Waals surface area contributed by atoms with Crippen LogP contribution < -0.4 is 5.32 Å². The Balaban J connectivity index is 0.000000409. The Hall–Kier alpha value is -2.92. The number of fused-ring (bicyclic) bond motifs is 1. The van der Waals surface area contributed by atoms with Gasteiger partial charge in [0.1, 0.15) is 17.2 Å². The lowest BCUT2D eigenvalue weighted by Crippen LogP contribution is -2.18. The molecule has 28 heavy (non-hydrogen) atoms. The van der Waals surface area contributed by atoms with E-state index in [9.17, 15) is 30.9 Å². The zero-order valence-corrected chi connectivity index (χ0v) is 15.2. The number of hydrogen-bond acceptors (Lipinski definition) is 5. The van der Waals surface area contributed by atoms with Crippen LogP contribution in [0.2, 0.25) is 0 Å². The van der Waals surface area contributed by atoms with Gasteiger partial charge in [0.25, 0.3) is 16.0 Å². The van der Waals surface area contributed by atoms with Gasteiger partial charge in [0.2, 0.25) is 0 Å². The van der Waals surface area contributed by atoms with Gasteiger partial charge >= 0.3 is 0 Å². The summed E-state index contributed by atoms with van der Waals surface area (Å²) in [5.74, 6) is -3.27. The molecule has 0 spiro atoms. The van der Waals surface area contributed by atoms with Crippen molar-refractivity contribution in [3.05, 3.63) is 59.4 Å². The molecule has 1 amide bonds. The fourth-order valence-corrected chi connectivity index (χ4v) is 2.27. The molecule has 3 rings (SSSR count). The smallest absolute Gasteiger partial charge is 0.295 e. The Bertz CT molecular complexity index is 1110. The van der Waals surface area contributed by atoms with Crippen molar-refractivity contribution in [1.29, 1.82) is 0 Å². The van der Waals surface area contributed by atoms with Gasteiger partial charge in [0.15, 0.2) is 11.6 Å². The highest BCUT2D eigenvalue weighted by molar-refractivity contribution is 7.85. The van der Waals surface area contributed by atoms with Gasteiger partial charge in [0, 0.05) is 12.6 Å². The van der Waals surface area contributed by atoms with Crippen LogP contribution in [-0.4, -0.2) is 27.6 Å². The second kappa shape index (κ2) is 8.40. The van der Waals surface area contributed by atoms with Crippen LogP contribution in [0, 0.1) is 17.5 Å². The topological polar surface area (TPSA) is 85.6 Å². The number of rotatable bonds is 3. The van der Waals surface area contributed by atoms with Gasteiger partial charge in [-0.3, -0.25) is 4.79 Å². The number of hydrogen-bond donors (Lipinski definition) is 1. The molecule has 1 N–H and O–H groups in total. The lowest BCUT2D eigenvalue weighted by atomic mass is 10.0. The fraction of sp³-hybridized carbons (Fsp3) is 0.118. The van der Waals surface area contributed by atoms with Crippen molar-refractivity contribution in [3.8, 4) is 11.3 Å². The summed E-state index contributed by atoms with van der Waals surface area (Å²) in [6, 6.07) is 7.33. The molecule has 0 saturated heterocycles. The van der Waals surface area contributed by atoms with Gasteiger partial charge in [0.05, 0.1) is 17.2 Å². The molecule has 150 valence electrons. The van der Waals surface area contributed by atoms with Crippen molar-refractivity contribution in [3.63, 3.8) is 0 Å². The molecule has 0 aliphatic heterocycles. The lowest BCUT2D eigenvalue weighted by molar-refractivity contribution is 0.00420. The molecule has 0 saturated carbocycles. The average molecular weight is 419 g/mol. The quantitative estimate of drug-likeness (QED) is 0.654. The first-order chi connectivity index (χ1) is 13.1. The van der Waals surface area contributed by atoms with Crippen LogP contribution in [0.15, 0.2) is 40.8 Å². The third-order valence-electron chi connectivity index (χ3n) is 3.42. The Morgan fingerprint density at radius 3 is 2.14 bits per heavy atom. The number of halogens is 4. The zero-order valence-electron chi connectivity index (χ0n) is 14.4. The minimum absolute atomic E-state index is 0.0387. The van der Waals surface area contributed by atoms with E-state index in [0.717, 1.165) is 6.07 Å². The SMILES string of the molecule is CNC(=O)c1c(-c2ccc(F)cc2)oc2ccc(F)c(F)c12.CS(=O)(=O)OF. The molecule has 1 heterocycles. The number of carbonyl (C=O) groups excluding carboxylic acids is 1. The molecule has 11 heteroatoms. The molecule has 0 atom stereocenters. The van der Waals surface area contributed by atoms with Crippen LogP contribution in [-0.2, 0) is 14.5 Å². The van der Waals surface area contributed by atoms with E-state index in [4.69, 9.17) is 4.42 Å². The summed E-state index contributed by atoms with van der Waals surface area (Å²) in [6.07, 6.45) is 0.618. The number of nitrogens with one attached hydrogen (secondary N) is 1. The van der Waals surface area contributed by atoms with E-state index in [1.165, 1.54) is 37.4 Å². The standard InChI is InChI=1S/C16H10F3NO2.CH3FO3S/c1-20-16(21)13-12-11(7-6-10(18)14(12)19)22-15(13)8-2-4-9(17)5-3-8;1-6(3,4)5-2/h2-7H,1H3,(H,20,21);1H3. The largest absolute Gasteiger partial charge is 0.455 e. The van der Waals surface area contributed by atoms with Crippen LogP contribution in [0.1, 0.15) is 10.4 Å². The van der Waals surface area contributed by atoms with Gasteiger partial charge in [-0.25, -0.2) is 13.2 Å². The van der Waals surface area contributed by atoms with Crippen LogP contribution in [0.3, 0.4) is 0 Å². The van der Waals surface area contributed by atoms with Gasteiger partial charge < -0.3 is 9.73 Å². The van der Waals surface area contributed by atoms with Gasteiger partial charge in [-0.15, -0.1) is 0 Å². The minimum atomic E-state index is -3.83. The molecule has 0 bridgehead atoms. The van der Waals surface area contributed by atoms with Crippen molar-refractivity contribution in [2.45, 2.75) is 0 Å². The van der Waals surface area contributed by atoms with E-state index >= 15 is 0 Å². The number of amides is 1. The molecule has 3 aromatic rings. The van der Waals surface area contributed by atoms with E-state index in [2.05, 4.69) is 9.70 Å². The summed E-state index contributed by atoms with van der Waals surface area (Å²) in [6.45, 7) is 0. The van der Waals surface area contributed by atoms with Crippen molar-refractivity contribution < 1.29 is 39.7 Å². The second-order valence-corrected chi connectivity index (χ2v) is 6.93. The minimum Gasteiger partial charge on any atom is -0.455 e. The van der Waals surface area contributed by atoms with E-state index in [0.29, 0.717) is 11.8 Å². The van der Waals surface area contributed by atoms with Gasteiger partial charge in [-0.2, -0.15) is 8.42 Å². The summed E-state index contributed by atoms with van der Waals surface area (Å²) in [5.41, 5.74) is 0.300. The maximum Gasteiger partial charge on any atom is 0.295 e. The number of carbonyl (C=O) groups is 1. The molecule has 0 unspecified atom stereocenters. The van der Waals surface area contributed by atoms with Crippen LogP contribution in [0.25, 0.3) is 22.3 Å². The third-order valence-corrected chi connectivity index (χ3v) is 3.65. The van der Waals surface area contributed by atoms with Crippen molar-refractivity contribution in [2.75, 3.05) is 13.3 Å². The van der Waals surface area contributed by atoms with Gasteiger partial charge in [-0.1, -0.05) is 4.39 Å². The van der Waals surface area contributed by atoms with Crippen LogP contribution in [0.4, 0.5) is 17.7 Å². The monoisotopic (exact) mass is 419 g/mol. The first-order valence-electron chi connectivity index (χ1n) is 7.47. The van der Waals surface area contributed by atoms with E-state index in [-0.39, 0.29) is 22.3 Å². The predicted molar refractivity (Wildman–Crippen MR) is 92.0 cm³/mol. The molecule has 0 aliphatic rings. The normalized spacial score (nSPS) is 11.1. The number of furan rings is 1. The summed E-state index contributed by atoms with van der Waals surface area (Å²) in [7, 11) is -2.46. The summed E-state index contributed by atoms with van der Waals surface area (Å²) < 4.78 is 77.7. The summed E-state index contributed by atoms with van der Waals surface area (Å²) in [5, 5.41) is 2.13. The maximum absolute atomic E-state index is 14.1. The number of benzene rings is 2. The van der Waals surface area contributed by atoms with E-state index < -0.39 is 33.5 Å². The maximum atomic E-state index is 14.1. The molecule has 0 radical (unpaired) electrons. The fourth-order valence-electron chi connectivity index (χ4n) is 2.27. The highest BCUT2D eigenvalue weighted by Crippen LogP contribution is 2.35. The molecule has 2 aromatic carbocycles. The summed E-state index contributed by atoms with van der Waals surface area (Å²) in [4.78, 5) is 12.1. The van der Waals surface area contributed by atoms with Crippen molar-refractivity contribution in [1.82, 2.24) is 5.32 Å². The van der Waals surface area contributed by atoms with E-state index in [1.807, 2.05) is 0 Å². The van der Waals surface area contributed by atoms with Gasteiger partial charge in [-0.05, 0) is 40.9 Å². The molecular formula is C17H13F4NO5S. The zero-order chi connectivity index (χ0) is 21.1. The lowest BCUT2D eigenvalue weighted by Gasteiger charge is -2.02. The Labute approximate surface area is 156 Å². The molecule has 6 nitrogen and oxygen atoms in total. The van der Waals surface area contributed by atoms with Crippen molar-refractivity contribution >= 4 is 27.0 Å². The molecular weight excluding hydrogens is 406 g/mol. The molecule has 1 aromatic heterocycles. The first-order valence-corrected chi connectivity index (χ1v) is 9.29. The Morgan fingerprint density at radius 1 is 1.07 bits per heavy atom. The Morgan fingerprint density at radius 2 is 1.64 bits per heavy atom. The van der Waals surface area contributed by atoms with Crippen molar-refractivity contribution in [2.24, 2.45) is 0 Å². The summed E-state index contributed by atoms with van der Waals surface area (Å²) >= 11 is 0. The second-order valence-electron chi connectivity index (χ2n) is 5.39. The average Bonchev–Trinajstić information content (AvgIpc) is 3.05. The van der Waals surface area contributed by atoms with Crippen LogP contribution in [0.5, 0.6) is 0 Å². The molecule has 0 aliphatic carbocycles. The third kappa shape index (κ3) is 4.67. The van der Waals surface area contributed by atoms with E-state index in [1.54, 1.807) is 0 Å². The van der Waals surface area contributed by atoms with Crippen LogP contribution >= 0.6 is 0 Å². The highest BCUT2D eigenvalue weighted by Gasteiger charge is 2.25. The molecule has 0 fully saturated rings. The first kappa shape index (κ1) is 21.4. The Kier molecular flexibility index (Phi) is 6.41. The predicted octanol–water partition coefficient (Wildman–Crippen LogP) is 3.72.